The Kier molecular flexibility index (Phi) is 5.28. The van der Waals surface area contributed by atoms with Gasteiger partial charge in [-0.05, 0) is 94.5 Å². The molecule has 142 valence electrons. The summed E-state index contributed by atoms with van der Waals surface area (Å²) in [6, 6.07) is 13.6. The van der Waals surface area contributed by atoms with Crippen molar-refractivity contribution >= 4 is 23.2 Å². The summed E-state index contributed by atoms with van der Waals surface area (Å²) >= 11 is 0. The molecule has 3 rings (SSSR count). The van der Waals surface area contributed by atoms with E-state index < -0.39 is 0 Å². The first-order chi connectivity index (χ1) is 12.7. The zero-order valence-electron chi connectivity index (χ0n) is 17.8. The van der Waals surface area contributed by atoms with Crippen molar-refractivity contribution in [1.29, 1.82) is 0 Å². The van der Waals surface area contributed by atoms with Gasteiger partial charge in [0, 0.05) is 23.5 Å². The molecule has 0 aliphatic carbocycles. The largest absolute Gasteiger partial charge is 0.360 e. The van der Waals surface area contributed by atoms with Gasteiger partial charge in [0.05, 0.1) is 11.2 Å². The van der Waals surface area contributed by atoms with Gasteiger partial charge >= 0.3 is 0 Å². The van der Waals surface area contributed by atoms with E-state index in [0.717, 1.165) is 12.1 Å². The average Bonchev–Trinajstić information content (AvgIpc) is 2.59. The van der Waals surface area contributed by atoms with Gasteiger partial charge in [0.25, 0.3) is 0 Å². The van der Waals surface area contributed by atoms with Crippen molar-refractivity contribution in [3.63, 3.8) is 0 Å². The molecule has 0 bridgehead atoms. The highest BCUT2D eigenvalue weighted by Gasteiger charge is 2.33. The van der Waals surface area contributed by atoms with Crippen molar-refractivity contribution in [3.8, 4) is 0 Å². The molecule has 1 aliphatic rings. The normalized spacial score (nSPS) is 16.0. The van der Waals surface area contributed by atoms with E-state index in [9.17, 15) is 0 Å². The minimum Gasteiger partial charge on any atom is -0.360 e. The first-order valence-corrected chi connectivity index (χ1v) is 9.99. The summed E-state index contributed by atoms with van der Waals surface area (Å²) in [5.41, 5.74) is 8.80. The van der Waals surface area contributed by atoms with E-state index in [1.165, 1.54) is 33.5 Å². The number of hydrogen-bond acceptors (Lipinski definition) is 2. The number of anilines is 1. The fourth-order valence-electron chi connectivity index (χ4n) is 4.26. The second-order valence-corrected chi connectivity index (χ2v) is 8.45. The van der Waals surface area contributed by atoms with Gasteiger partial charge in [0.2, 0.25) is 0 Å². The van der Waals surface area contributed by atoms with Crippen molar-refractivity contribution in [2.75, 3.05) is 4.90 Å². The van der Waals surface area contributed by atoms with E-state index >= 15 is 0 Å². The molecule has 27 heavy (non-hydrogen) atoms. The summed E-state index contributed by atoms with van der Waals surface area (Å²) in [6.45, 7) is 15.7. The van der Waals surface area contributed by atoms with Crippen molar-refractivity contribution < 1.29 is 0 Å². The molecule has 2 aromatic carbocycles. The van der Waals surface area contributed by atoms with Crippen LogP contribution in [0, 0.1) is 6.92 Å². The molecule has 0 saturated carbocycles. The highest BCUT2D eigenvalue weighted by molar-refractivity contribution is 5.90. The Labute approximate surface area is 164 Å². The van der Waals surface area contributed by atoms with Crippen LogP contribution in [0.15, 0.2) is 47.5 Å². The van der Waals surface area contributed by atoms with Crippen LogP contribution < -0.4 is 4.90 Å². The first kappa shape index (κ1) is 19.4. The van der Waals surface area contributed by atoms with Crippen LogP contribution in [0.2, 0.25) is 0 Å². The second kappa shape index (κ2) is 7.34. The summed E-state index contributed by atoms with van der Waals surface area (Å²) in [6.07, 6.45) is 5.45. The van der Waals surface area contributed by atoms with E-state index in [0.29, 0.717) is 6.04 Å². The Balaban J connectivity index is 2.00. The van der Waals surface area contributed by atoms with Crippen LogP contribution in [0.3, 0.4) is 0 Å². The molecule has 0 amide bonds. The molecule has 0 atom stereocenters. The topological polar surface area (TPSA) is 15.6 Å². The van der Waals surface area contributed by atoms with Gasteiger partial charge in [-0.2, -0.15) is 0 Å². The minimum absolute atomic E-state index is 0.0221. The predicted molar refractivity (Wildman–Crippen MR) is 120 cm³/mol. The monoisotopic (exact) mass is 360 g/mol. The predicted octanol–water partition coefficient (Wildman–Crippen LogP) is 6.72. The molecular formula is C25H32N2. The fourth-order valence-corrected chi connectivity index (χ4v) is 4.26. The zero-order valence-corrected chi connectivity index (χ0v) is 17.8. The molecule has 2 nitrogen and oxygen atoms in total. The molecule has 0 radical (unpaired) electrons. The summed E-state index contributed by atoms with van der Waals surface area (Å²) in [4.78, 5) is 7.23. The highest BCUT2D eigenvalue weighted by Crippen LogP contribution is 2.41. The molecule has 2 aromatic rings. The lowest BCUT2D eigenvalue weighted by Crippen LogP contribution is -2.49. The molecule has 0 fully saturated rings. The van der Waals surface area contributed by atoms with E-state index in [-0.39, 0.29) is 5.54 Å². The van der Waals surface area contributed by atoms with Crippen LogP contribution in [0.25, 0.3) is 5.57 Å². The molecule has 1 aliphatic heterocycles. The molecule has 1 heterocycles. The Morgan fingerprint density at radius 3 is 2.33 bits per heavy atom. The molecule has 0 unspecified atom stereocenters. The summed E-state index contributed by atoms with van der Waals surface area (Å²) in [5, 5.41) is 0. The van der Waals surface area contributed by atoms with Crippen molar-refractivity contribution in [2.24, 2.45) is 4.99 Å². The molecular weight excluding hydrogens is 328 g/mol. The van der Waals surface area contributed by atoms with Crippen molar-refractivity contribution in [1.82, 2.24) is 0 Å². The van der Waals surface area contributed by atoms with Gasteiger partial charge in [-0.1, -0.05) is 25.1 Å². The molecule has 2 heteroatoms. The molecule has 0 N–H and O–H groups in total. The van der Waals surface area contributed by atoms with Gasteiger partial charge in [-0.3, -0.25) is 4.99 Å². The Morgan fingerprint density at radius 1 is 1.07 bits per heavy atom. The Morgan fingerprint density at radius 2 is 1.74 bits per heavy atom. The Hall–Kier alpha value is -2.35. The quantitative estimate of drug-likeness (QED) is 0.553. The van der Waals surface area contributed by atoms with Crippen LogP contribution in [0.5, 0.6) is 0 Å². The van der Waals surface area contributed by atoms with E-state index in [4.69, 9.17) is 4.99 Å². The third-order valence-electron chi connectivity index (χ3n) is 5.47. The number of nitrogens with zero attached hydrogens (tertiary/aromatic N) is 2. The number of hydrogen-bond donors (Lipinski definition) is 0. The van der Waals surface area contributed by atoms with Crippen LogP contribution >= 0.6 is 0 Å². The number of fused-ring (bicyclic) bond motifs is 1. The summed E-state index contributed by atoms with van der Waals surface area (Å²) in [7, 11) is 0. The van der Waals surface area contributed by atoms with Gasteiger partial charge in [-0.25, -0.2) is 0 Å². The second-order valence-electron chi connectivity index (χ2n) is 8.45. The highest BCUT2D eigenvalue weighted by atomic mass is 15.2. The summed E-state index contributed by atoms with van der Waals surface area (Å²) < 4.78 is 0. The smallest absolute Gasteiger partial charge is 0.0630 e. The van der Waals surface area contributed by atoms with Crippen LogP contribution in [0.1, 0.15) is 63.8 Å². The lowest BCUT2D eigenvalue weighted by atomic mass is 9.86. The lowest BCUT2D eigenvalue weighted by Gasteiger charge is -2.46. The Bertz CT molecular complexity index is 883. The van der Waals surface area contributed by atoms with Crippen LogP contribution in [-0.2, 0) is 6.42 Å². The van der Waals surface area contributed by atoms with E-state index in [2.05, 4.69) is 95.8 Å². The summed E-state index contributed by atoms with van der Waals surface area (Å²) in [5.74, 6) is 0. The molecule has 0 saturated heterocycles. The maximum absolute atomic E-state index is 4.71. The lowest BCUT2D eigenvalue weighted by molar-refractivity contribution is 0.507. The van der Waals surface area contributed by atoms with Gasteiger partial charge < -0.3 is 4.90 Å². The minimum atomic E-state index is 0.0221. The van der Waals surface area contributed by atoms with Crippen molar-refractivity contribution in [2.45, 2.75) is 66.5 Å². The van der Waals surface area contributed by atoms with Crippen LogP contribution in [-0.4, -0.2) is 17.8 Å². The number of allylic oxidation sites excluding steroid dienone is 1. The standard InChI is InChI=1S/C25H32N2/c1-8-20-9-11-22(12-10-20)26-16-21-14-23-19(5)15-25(6,7)27(17(2)3)24(23)13-18(21)4/h9-17H,8H2,1-7H3. The zero-order chi connectivity index (χ0) is 19.8. The fraction of sp³-hybridized carbons (Fsp3) is 0.400. The molecule has 0 spiro atoms. The van der Waals surface area contributed by atoms with E-state index in [1.54, 1.807) is 0 Å². The van der Waals surface area contributed by atoms with E-state index in [1.807, 2.05) is 6.21 Å². The maximum atomic E-state index is 4.71. The van der Waals surface area contributed by atoms with Gasteiger partial charge in [0.15, 0.2) is 0 Å². The number of aliphatic imine (C=N–C) groups is 1. The maximum Gasteiger partial charge on any atom is 0.0630 e. The first-order valence-electron chi connectivity index (χ1n) is 9.99. The molecule has 0 aromatic heterocycles. The number of benzene rings is 2. The van der Waals surface area contributed by atoms with Gasteiger partial charge in [0.1, 0.15) is 0 Å². The average molecular weight is 361 g/mol. The third-order valence-corrected chi connectivity index (χ3v) is 5.47. The number of rotatable bonds is 4. The third kappa shape index (κ3) is 3.85. The number of aryl methyl sites for hydroxylation is 2. The van der Waals surface area contributed by atoms with Crippen LogP contribution in [0.4, 0.5) is 11.4 Å². The van der Waals surface area contributed by atoms with Crippen molar-refractivity contribution in [3.05, 3.63) is 64.7 Å². The SMILES string of the molecule is CCc1ccc(N=Cc2cc3c(cc2C)N(C(C)C)C(C)(C)C=C3C)cc1. The van der Waals surface area contributed by atoms with Gasteiger partial charge in [-0.15, -0.1) is 0 Å².